The Bertz CT molecular complexity index is 768. The largest absolute Gasteiger partial charge is 0.478 e. The molecule has 0 bridgehead atoms. The third-order valence-corrected chi connectivity index (χ3v) is 5.01. The number of carbonyl (C=O) groups is 1. The van der Waals surface area contributed by atoms with Crippen molar-refractivity contribution in [1.29, 1.82) is 0 Å². The van der Waals surface area contributed by atoms with Crippen LogP contribution in [0.5, 0.6) is 0 Å². The fraction of sp³-hybridized carbons (Fsp3) is 0.450. The summed E-state index contributed by atoms with van der Waals surface area (Å²) in [5.74, 6) is 0.662. The number of anilines is 1. The first-order valence-corrected chi connectivity index (χ1v) is 9.82. The van der Waals surface area contributed by atoms with E-state index in [4.69, 9.17) is 15.1 Å². The lowest BCUT2D eigenvalue weighted by molar-refractivity contribution is 0.0697. The number of aromatic carboxylic acids is 1. The summed E-state index contributed by atoms with van der Waals surface area (Å²) in [4.78, 5) is 22.8. The molecule has 6 heteroatoms. The molecule has 2 rings (SSSR count). The number of rotatable bonds is 7. The molecule has 0 unspecified atom stereocenters. The lowest BCUT2D eigenvalue weighted by atomic mass is 9.92. The summed E-state index contributed by atoms with van der Waals surface area (Å²) >= 11 is 1.53. The number of thioether (sulfide) groups is 1. The molecule has 0 amide bonds. The van der Waals surface area contributed by atoms with Gasteiger partial charge in [0.15, 0.2) is 5.16 Å². The summed E-state index contributed by atoms with van der Waals surface area (Å²) in [6.07, 6.45) is 0. The molecule has 0 aliphatic rings. The standard InChI is InChI=1S/C20H27N3O2S/c1-6-23(7-2)17-12-16(20(3,4)5)21-19(22-17)26-13-14-9-8-10-15(11-14)18(24)25/h8-12H,6-7,13H2,1-5H3,(H,24,25). The van der Waals surface area contributed by atoms with Crippen molar-refractivity contribution in [2.24, 2.45) is 0 Å². The maximum atomic E-state index is 11.1. The second-order valence-corrected chi connectivity index (χ2v) is 8.05. The van der Waals surface area contributed by atoms with Gasteiger partial charge >= 0.3 is 5.97 Å². The van der Waals surface area contributed by atoms with E-state index in [9.17, 15) is 4.79 Å². The van der Waals surface area contributed by atoms with Gasteiger partial charge in [0.1, 0.15) is 5.82 Å². The van der Waals surface area contributed by atoms with Crippen molar-refractivity contribution >= 4 is 23.5 Å². The van der Waals surface area contributed by atoms with Gasteiger partial charge in [0.2, 0.25) is 0 Å². The first-order valence-electron chi connectivity index (χ1n) is 8.84. The number of nitrogens with zero attached hydrogens (tertiary/aromatic N) is 3. The summed E-state index contributed by atoms with van der Waals surface area (Å²) in [5.41, 5.74) is 2.19. The minimum atomic E-state index is -0.911. The Morgan fingerprint density at radius 2 is 1.85 bits per heavy atom. The number of aromatic nitrogens is 2. The van der Waals surface area contributed by atoms with Crippen molar-refractivity contribution in [2.45, 2.75) is 50.9 Å². The maximum Gasteiger partial charge on any atom is 0.335 e. The Labute approximate surface area is 159 Å². The van der Waals surface area contributed by atoms with Gasteiger partial charge in [-0.2, -0.15) is 0 Å². The molecule has 1 aromatic carbocycles. The summed E-state index contributed by atoms with van der Waals surface area (Å²) in [5, 5.41) is 9.86. The third kappa shape index (κ3) is 5.21. The number of hydrogen-bond acceptors (Lipinski definition) is 5. The van der Waals surface area contributed by atoms with E-state index in [-0.39, 0.29) is 5.41 Å². The number of carboxylic acid groups (broad SMARTS) is 1. The molecule has 140 valence electrons. The van der Waals surface area contributed by atoms with Crippen LogP contribution in [-0.4, -0.2) is 34.1 Å². The second-order valence-electron chi connectivity index (χ2n) is 7.11. The van der Waals surface area contributed by atoms with E-state index in [1.165, 1.54) is 11.8 Å². The van der Waals surface area contributed by atoms with Crippen molar-refractivity contribution in [3.05, 3.63) is 47.2 Å². The lowest BCUT2D eigenvalue weighted by Crippen LogP contribution is -2.25. The van der Waals surface area contributed by atoms with Crippen LogP contribution in [-0.2, 0) is 11.2 Å². The van der Waals surface area contributed by atoms with Gasteiger partial charge in [0.25, 0.3) is 0 Å². The Morgan fingerprint density at radius 1 is 1.15 bits per heavy atom. The molecule has 1 aromatic heterocycles. The zero-order valence-electron chi connectivity index (χ0n) is 16.1. The fourth-order valence-electron chi connectivity index (χ4n) is 2.51. The van der Waals surface area contributed by atoms with Crippen LogP contribution in [0.4, 0.5) is 5.82 Å². The van der Waals surface area contributed by atoms with Crippen molar-refractivity contribution in [1.82, 2.24) is 9.97 Å². The molecule has 1 heterocycles. The van der Waals surface area contributed by atoms with E-state index < -0.39 is 5.97 Å². The van der Waals surface area contributed by atoms with Gasteiger partial charge in [-0.25, -0.2) is 14.8 Å². The van der Waals surface area contributed by atoms with Crippen molar-refractivity contribution in [2.75, 3.05) is 18.0 Å². The molecular formula is C20H27N3O2S. The van der Waals surface area contributed by atoms with Gasteiger partial charge in [0.05, 0.1) is 11.3 Å². The summed E-state index contributed by atoms with van der Waals surface area (Å²) in [6, 6.07) is 9.08. The van der Waals surface area contributed by atoms with Crippen LogP contribution in [0.15, 0.2) is 35.5 Å². The smallest absolute Gasteiger partial charge is 0.335 e. The predicted octanol–water partition coefficient (Wildman–Crippen LogP) is 4.61. The monoisotopic (exact) mass is 373 g/mol. The van der Waals surface area contributed by atoms with E-state index in [0.29, 0.717) is 11.3 Å². The molecule has 26 heavy (non-hydrogen) atoms. The van der Waals surface area contributed by atoms with Crippen LogP contribution in [0.2, 0.25) is 0 Å². The maximum absolute atomic E-state index is 11.1. The summed E-state index contributed by atoms with van der Waals surface area (Å²) in [6.45, 7) is 12.5. The number of benzene rings is 1. The van der Waals surface area contributed by atoms with E-state index >= 15 is 0 Å². The average molecular weight is 374 g/mol. The minimum Gasteiger partial charge on any atom is -0.478 e. The number of hydrogen-bond donors (Lipinski definition) is 1. The molecule has 0 aliphatic carbocycles. The van der Waals surface area contributed by atoms with Crippen LogP contribution >= 0.6 is 11.8 Å². The molecule has 0 aliphatic heterocycles. The quantitative estimate of drug-likeness (QED) is 0.565. The molecule has 0 saturated carbocycles. The Kier molecular flexibility index (Phi) is 6.64. The molecule has 0 spiro atoms. The van der Waals surface area contributed by atoms with Gasteiger partial charge in [-0.3, -0.25) is 0 Å². The van der Waals surface area contributed by atoms with Crippen LogP contribution in [0, 0.1) is 0 Å². The topological polar surface area (TPSA) is 66.3 Å². The highest BCUT2D eigenvalue weighted by Crippen LogP contribution is 2.28. The first kappa shape index (κ1) is 20.2. The van der Waals surface area contributed by atoms with Crippen LogP contribution < -0.4 is 4.90 Å². The Hall–Kier alpha value is -2.08. The van der Waals surface area contributed by atoms with Gasteiger partial charge in [-0.15, -0.1) is 0 Å². The fourth-order valence-corrected chi connectivity index (χ4v) is 3.31. The molecule has 0 saturated heterocycles. The highest BCUT2D eigenvalue weighted by atomic mass is 32.2. The van der Waals surface area contributed by atoms with Crippen LogP contribution in [0.3, 0.4) is 0 Å². The Morgan fingerprint density at radius 3 is 2.42 bits per heavy atom. The van der Waals surface area contributed by atoms with E-state index in [2.05, 4.69) is 45.6 Å². The van der Waals surface area contributed by atoms with Gasteiger partial charge in [0, 0.05) is 30.3 Å². The Balaban J connectivity index is 2.29. The third-order valence-electron chi connectivity index (χ3n) is 4.09. The highest BCUT2D eigenvalue weighted by molar-refractivity contribution is 7.98. The molecule has 0 fully saturated rings. The molecule has 0 radical (unpaired) electrons. The van der Waals surface area contributed by atoms with Gasteiger partial charge < -0.3 is 10.0 Å². The van der Waals surface area contributed by atoms with Crippen LogP contribution in [0.1, 0.15) is 56.2 Å². The predicted molar refractivity (Wildman–Crippen MR) is 107 cm³/mol. The van der Waals surface area contributed by atoms with E-state index in [1.54, 1.807) is 18.2 Å². The van der Waals surface area contributed by atoms with Crippen molar-refractivity contribution < 1.29 is 9.90 Å². The van der Waals surface area contributed by atoms with E-state index in [1.807, 2.05) is 6.07 Å². The summed E-state index contributed by atoms with van der Waals surface area (Å²) < 4.78 is 0. The number of carboxylic acids is 1. The molecule has 5 nitrogen and oxygen atoms in total. The van der Waals surface area contributed by atoms with E-state index in [0.717, 1.165) is 35.3 Å². The highest BCUT2D eigenvalue weighted by Gasteiger charge is 2.19. The molecule has 0 atom stereocenters. The molecule has 1 N–H and O–H groups in total. The SMILES string of the molecule is CCN(CC)c1cc(C(C)(C)C)nc(SCc2cccc(C(=O)O)c2)n1. The normalized spacial score (nSPS) is 11.4. The average Bonchev–Trinajstić information content (AvgIpc) is 2.60. The van der Waals surface area contributed by atoms with Gasteiger partial charge in [-0.05, 0) is 31.5 Å². The van der Waals surface area contributed by atoms with Crippen LogP contribution in [0.25, 0.3) is 0 Å². The minimum absolute atomic E-state index is 0.0661. The zero-order chi connectivity index (χ0) is 19.3. The first-order chi connectivity index (χ1) is 12.2. The van der Waals surface area contributed by atoms with Crippen molar-refractivity contribution in [3.63, 3.8) is 0 Å². The summed E-state index contributed by atoms with van der Waals surface area (Å²) in [7, 11) is 0. The second kappa shape index (κ2) is 8.54. The van der Waals surface area contributed by atoms with Gasteiger partial charge in [-0.1, -0.05) is 44.7 Å². The zero-order valence-corrected chi connectivity index (χ0v) is 16.9. The van der Waals surface area contributed by atoms with Crippen molar-refractivity contribution in [3.8, 4) is 0 Å². The molecule has 2 aromatic rings. The lowest BCUT2D eigenvalue weighted by Gasteiger charge is -2.24. The molecular weight excluding hydrogens is 346 g/mol.